The van der Waals surface area contributed by atoms with Crippen LogP contribution in [0.3, 0.4) is 0 Å². The summed E-state index contributed by atoms with van der Waals surface area (Å²) in [4.78, 5) is 2.57. The lowest BCUT2D eigenvalue weighted by atomic mass is 9.49. The Balaban J connectivity index is 1.04. The second kappa shape index (κ2) is 12.8. The first-order chi connectivity index (χ1) is 28.2. The molecule has 3 saturated carbocycles. The fraction of sp³-hybridized carbons (Fsp3) is 0.286. The molecule has 3 fully saturated rings. The lowest BCUT2D eigenvalue weighted by Crippen LogP contribution is -2.49. The molecule has 0 aliphatic heterocycles. The van der Waals surface area contributed by atoms with Crippen molar-refractivity contribution in [2.45, 2.75) is 82.0 Å². The van der Waals surface area contributed by atoms with Gasteiger partial charge in [0.2, 0.25) is 0 Å². The van der Waals surface area contributed by atoms with Crippen LogP contribution in [0.15, 0.2) is 152 Å². The number of benzene rings is 7. The first-order valence-electron chi connectivity index (χ1n) is 22.0. The van der Waals surface area contributed by atoms with Gasteiger partial charge in [0, 0.05) is 27.9 Å². The maximum absolute atomic E-state index is 2.58. The standard InChI is InChI=1S/C56H51N/c1-2-37-33-40-15-12-16-41(34-37)56(40)52-22-8-6-19-48(52)50-35-43(28-30-53(50)56)57(42-25-23-39(24-26-42)46-20-11-14-38-13-3-4-17-45(38)46)44-27-29-49-47-18-5-7-21-51(47)55(54(49)36-44)31-9-10-32-55/h3-8,11,13-14,17-30,35-37,40-41H,2,9-10,12,15-16,31-34H2,1H3. The van der Waals surface area contributed by atoms with Crippen LogP contribution in [-0.2, 0) is 10.8 Å². The molecule has 0 N–H and O–H groups in total. The summed E-state index contributed by atoms with van der Waals surface area (Å²) < 4.78 is 0. The van der Waals surface area contributed by atoms with Crippen molar-refractivity contribution in [3.8, 4) is 33.4 Å². The lowest BCUT2D eigenvalue weighted by molar-refractivity contribution is 0.0492. The van der Waals surface area contributed by atoms with Crippen LogP contribution < -0.4 is 4.90 Å². The lowest BCUT2D eigenvalue weighted by Gasteiger charge is -2.55. The second-order valence-corrected chi connectivity index (χ2v) is 18.2. The van der Waals surface area contributed by atoms with E-state index < -0.39 is 0 Å². The quantitative estimate of drug-likeness (QED) is 0.170. The van der Waals surface area contributed by atoms with Gasteiger partial charge in [0.05, 0.1) is 0 Å². The monoisotopic (exact) mass is 737 g/mol. The molecule has 2 bridgehead atoms. The fourth-order valence-corrected chi connectivity index (χ4v) is 13.4. The van der Waals surface area contributed by atoms with Gasteiger partial charge in [-0.15, -0.1) is 0 Å². The van der Waals surface area contributed by atoms with Crippen molar-refractivity contribution in [3.05, 3.63) is 174 Å². The van der Waals surface area contributed by atoms with Crippen LogP contribution in [0.4, 0.5) is 17.1 Å². The van der Waals surface area contributed by atoms with Crippen molar-refractivity contribution in [1.82, 2.24) is 0 Å². The first-order valence-corrected chi connectivity index (χ1v) is 22.0. The third-order valence-electron chi connectivity index (χ3n) is 15.8. The van der Waals surface area contributed by atoms with E-state index in [1.165, 1.54) is 131 Å². The predicted octanol–water partition coefficient (Wildman–Crippen LogP) is 15.3. The molecule has 0 amide bonds. The van der Waals surface area contributed by atoms with Gasteiger partial charge in [-0.2, -0.15) is 0 Å². The van der Waals surface area contributed by atoms with Crippen molar-refractivity contribution in [2.24, 2.45) is 17.8 Å². The minimum Gasteiger partial charge on any atom is -0.310 e. The summed E-state index contributed by atoms with van der Waals surface area (Å²) in [5.74, 6) is 2.31. The summed E-state index contributed by atoms with van der Waals surface area (Å²) in [7, 11) is 0. The molecular formula is C56H51N. The van der Waals surface area contributed by atoms with E-state index in [0.717, 1.165) is 17.8 Å². The smallest absolute Gasteiger partial charge is 0.0468 e. The normalized spacial score (nSPS) is 23.4. The molecule has 12 rings (SSSR count). The van der Waals surface area contributed by atoms with Crippen molar-refractivity contribution in [3.63, 3.8) is 0 Å². The van der Waals surface area contributed by atoms with E-state index in [1.807, 2.05) is 0 Å². The minimum absolute atomic E-state index is 0.115. The van der Waals surface area contributed by atoms with Crippen LogP contribution >= 0.6 is 0 Å². The molecule has 0 heterocycles. The van der Waals surface area contributed by atoms with Crippen LogP contribution in [0, 0.1) is 17.8 Å². The Labute approximate surface area is 338 Å². The molecule has 57 heavy (non-hydrogen) atoms. The van der Waals surface area contributed by atoms with Crippen LogP contribution in [0.5, 0.6) is 0 Å². The Hall–Kier alpha value is -5.40. The molecule has 280 valence electrons. The van der Waals surface area contributed by atoms with Gasteiger partial charge in [0.15, 0.2) is 0 Å². The van der Waals surface area contributed by atoms with E-state index in [9.17, 15) is 0 Å². The molecule has 5 aliphatic rings. The zero-order valence-corrected chi connectivity index (χ0v) is 33.2. The van der Waals surface area contributed by atoms with Gasteiger partial charge in [-0.1, -0.05) is 148 Å². The number of rotatable bonds is 5. The SMILES string of the molecule is CCC1CC2CCCC(C1)C21c2ccccc2-c2cc(N(c3ccc(-c4cccc5ccccc45)cc3)c3ccc4c(c3)C3(CCCC3)c3ccccc3-4)ccc21. The molecule has 7 aromatic carbocycles. The number of hydrogen-bond acceptors (Lipinski definition) is 1. The molecule has 1 heteroatoms. The maximum atomic E-state index is 2.58. The molecule has 0 aromatic heterocycles. The molecule has 7 aromatic rings. The van der Waals surface area contributed by atoms with Gasteiger partial charge in [-0.3, -0.25) is 0 Å². The number of fused-ring (bicyclic) bond motifs is 9. The minimum atomic E-state index is 0.115. The van der Waals surface area contributed by atoms with Gasteiger partial charge in [0.25, 0.3) is 0 Å². The summed E-state index contributed by atoms with van der Waals surface area (Å²) in [6.45, 7) is 2.43. The number of hydrogen-bond donors (Lipinski definition) is 0. The highest BCUT2D eigenvalue weighted by atomic mass is 15.1. The van der Waals surface area contributed by atoms with Crippen molar-refractivity contribution in [1.29, 1.82) is 0 Å². The van der Waals surface area contributed by atoms with Crippen LogP contribution in [-0.4, -0.2) is 0 Å². The first kappa shape index (κ1) is 33.7. The van der Waals surface area contributed by atoms with Gasteiger partial charge < -0.3 is 4.90 Å². The average Bonchev–Trinajstić information content (AvgIpc) is 3.94. The summed E-state index contributed by atoms with van der Waals surface area (Å²) >= 11 is 0. The summed E-state index contributed by atoms with van der Waals surface area (Å²) in [6, 6.07) is 58.8. The Kier molecular flexibility index (Phi) is 7.57. The molecule has 0 saturated heterocycles. The second-order valence-electron chi connectivity index (χ2n) is 18.2. The van der Waals surface area contributed by atoms with Gasteiger partial charge in [-0.25, -0.2) is 0 Å². The summed E-state index contributed by atoms with van der Waals surface area (Å²) in [5.41, 5.74) is 18.6. The zero-order valence-electron chi connectivity index (χ0n) is 33.2. The van der Waals surface area contributed by atoms with E-state index in [-0.39, 0.29) is 10.8 Å². The van der Waals surface area contributed by atoms with E-state index in [0.29, 0.717) is 0 Å². The number of nitrogens with zero attached hydrogens (tertiary/aromatic N) is 1. The van der Waals surface area contributed by atoms with Crippen LogP contribution in [0.1, 0.15) is 93.4 Å². The Morgan fingerprint density at radius 2 is 1.09 bits per heavy atom. The van der Waals surface area contributed by atoms with E-state index in [1.54, 1.807) is 16.7 Å². The third kappa shape index (κ3) is 4.75. The Bertz CT molecular complexity index is 2670. The maximum Gasteiger partial charge on any atom is 0.0468 e. The van der Waals surface area contributed by atoms with Crippen LogP contribution in [0.25, 0.3) is 44.2 Å². The average molecular weight is 738 g/mol. The molecular weight excluding hydrogens is 687 g/mol. The zero-order chi connectivity index (χ0) is 37.7. The molecule has 0 radical (unpaired) electrons. The molecule has 2 atom stereocenters. The largest absolute Gasteiger partial charge is 0.310 e. The van der Waals surface area contributed by atoms with E-state index in [4.69, 9.17) is 0 Å². The molecule has 2 unspecified atom stereocenters. The highest BCUT2D eigenvalue weighted by molar-refractivity contribution is 5.97. The molecule has 1 nitrogen and oxygen atoms in total. The van der Waals surface area contributed by atoms with Crippen molar-refractivity contribution in [2.75, 3.05) is 4.90 Å². The molecule has 2 spiro atoms. The van der Waals surface area contributed by atoms with Crippen LogP contribution in [0.2, 0.25) is 0 Å². The van der Waals surface area contributed by atoms with Crippen molar-refractivity contribution >= 4 is 27.8 Å². The van der Waals surface area contributed by atoms with Gasteiger partial charge >= 0.3 is 0 Å². The van der Waals surface area contributed by atoms with E-state index >= 15 is 0 Å². The van der Waals surface area contributed by atoms with E-state index in [2.05, 4.69) is 163 Å². The highest BCUT2D eigenvalue weighted by Crippen LogP contribution is 2.66. The topological polar surface area (TPSA) is 3.24 Å². The van der Waals surface area contributed by atoms with Crippen molar-refractivity contribution < 1.29 is 0 Å². The Morgan fingerprint density at radius 1 is 0.491 bits per heavy atom. The highest BCUT2D eigenvalue weighted by Gasteiger charge is 2.57. The predicted molar refractivity (Wildman–Crippen MR) is 239 cm³/mol. The van der Waals surface area contributed by atoms with Gasteiger partial charge in [-0.05, 0) is 159 Å². The fourth-order valence-electron chi connectivity index (χ4n) is 13.4. The summed E-state index contributed by atoms with van der Waals surface area (Å²) in [6.07, 6.45) is 13.2. The van der Waals surface area contributed by atoms with Gasteiger partial charge in [0.1, 0.15) is 0 Å². The Morgan fingerprint density at radius 3 is 1.88 bits per heavy atom. The molecule has 5 aliphatic carbocycles. The third-order valence-corrected chi connectivity index (χ3v) is 15.8. The summed E-state index contributed by atoms with van der Waals surface area (Å²) in [5, 5.41) is 2.58. The number of anilines is 3.